The fraction of sp³-hybridized carbons (Fsp3) is 0.500. The van der Waals surface area contributed by atoms with Crippen LogP contribution in [0.15, 0.2) is 30.3 Å². The summed E-state index contributed by atoms with van der Waals surface area (Å²) in [6.07, 6.45) is -1.17. The van der Waals surface area contributed by atoms with Crippen LogP contribution in [-0.2, 0) is 10.3 Å². The Kier molecular flexibility index (Phi) is 4.07. The summed E-state index contributed by atoms with van der Waals surface area (Å²) in [5.41, 5.74) is -0.345. The largest absolute Gasteiger partial charge is 0.465 e. The molecule has 1 aliphatic heterocycles. The number of amides is 1. The Labute approximate surface area is 112 Å². The molecule has 5 heteroatoms. The lowest BCUT2D eigenvalue weighted by molar-refractivity contribution is -0.145. The first kappa shape index (κ1) is 13.8. The number of rotatable bonds is 3. The predicted octanol–water partition coefficient (Wildman–Crippen LogP) is 1.66. The predicted molar refractivity (Wildman–Crippen MR) is 70.0 cm³/mol. The van der Waals surface area contributed by atoms with Gasteiger partial charge in [0.05, 0.1) is 6.54 Å². The van der Waals surface area contributed by atoms with Gasteiger partial charge in [-0.3, -0.25) is 0 Å². The molecule has 2 atom stereocenters. The van der Waals surface area contributed by atoms with E-state index in [1.807, 2.05) is 37.3 Å². The highest BCUT2D eigenvalue weighted by Gasteiger charge is 2.44. The number of aliphatic hydroxyl groups is 1. The molecule has 0 saturated carbocycles. The molecule has 0 aromatic heterocycles. The lowest BCUT2D eigenvalue weighted by Crippen LogP contribution is -2.55. The molecule has 1 saturated heterocycles. The third-order valence-corrected chi connectivity index (χ3v) is 3.59. The van der Waals surface area contributed by atoms with Crippen LogP contribution in [0.1, 0.15) is 18.9 Å². The van der Waals surface area contributed by atoms with E-state index < -0.39 is 17.8 Å². The molecule has 0 bridgehead atoms. The minimum absolute atomic E-state index is 0.189. The van der Waals surface area contributed by atoms with Crippen LogP contribution in [0.4, 0.5) is 4.79 Å². The molecule has 1 heterocycles. The van der Waals surface area contributed by atoms with Gasteiger partial charge in [0, 0.05) is 19.6 Å². The SMILES string of the molecule is CCO[C@@H]1CN(C(=O)O)CC[C@@]1(O)c1ccccc1. The number of piperidine rings is 1. The van der Waals surface area contributed by atoms with Crippen molar-refractivity contribution in [2.24, 2.45) is 0 Å². The molecule has 0 spiro atoms. The fourth-order valence-corrected chi connectivity index (χ4v) is 2.53. The van der Waals surface area contributed by atoms with E-state index in [1.54, 1.807) is 0 Å². The highest BCUT2D eigenvalue weighted by atomic mass is 16.5. The number of ether oxygens (including phenoxy) is 1. The van der Waals surface area contributed by atoms with E-state index in [-0.39, 0.29) is 6.54 Å². The van der Waals surface area contributed by atoms with Gasteiger partial charge in [-0.25, -0.2) is 4.79 Å². The standard InChI is InChI=1S/C14H19NO4/c1-2-19-12-10-15(13(16)17)9-8-14(12,18)11-6-4-3-5-7-11/h3-7,12,18H,2,8-10H2,1H3,(H,16,17)/t12-,14-/m1/s1. The Morgan fingerprint density at radius 1 is 1.47 bits per heavy atom. The molecule has 1 amide bonds. The van der Waals surface area contributed by atoms with Crippen molar-refractivity contribution in [3.05, 3.63) is 35.9 Å². The molecule has 0 aliphatic carbocycles. The molecular weight excluding hydrogens is 246 g/mol. The normalized spacial score (nSPS) is 27.3. The number of carbonyl (C=O) groups is 1. The minimum Gasteiger partial charge on any atom is -0.465 e. The van der Waals surface area contributed by atoms with E-state index in [0.717, 1.165) is 5.56 Å². The summed E-state index contributed by atoms with van der Waals surface area (Å²) in [7, 11) is 0. The maximum Gasteiger partial charge on any atom is 0.407 e. The molecule has 0 unspecified atom stereocenters. The molecule has 104 valence electrons. The number of hydrogen-bond acceptors (Lipinski definition) is 3. The summed E-state index contributed by atoms with van der Waals surface area (Å²) in [5, 5.41) is 19.9. The van der Waals surface area contributed by atoms with Gasteiger partial charge in [0.2, 0.25) is 0 Å². The van der Waals surface area contributed by atoms with Crippen molar-refractivity contribution in [1.29, 1.82) is 0 Å². The van der Waals surface area contributed by atoms with Gasteiger partial charge >= 0.3 is 6.09 Å². The first-order valence-electron chi connectivity index (χ1n) is 6.45. The summed E-state index contributed by atoms with van der Waals surface area (Å²) >= 11 is 0. The smallest absolute Gasteiger partial charge is 0.407 e. The Bertz CT molecular complexity index is 436. The molecule has 2 rings (SSSR count). The van der Waals surface area contributed by atoms with Crippen LogP contribution < -0.4 is 0 Å². The number of likely N-dealkylation sites (tertiary alicyclic amines) is 1. The van der Waals surface area contributed by atoms with Crippen molar-refractivity contribution >= 4 is 6.09 Å². The summed E-state index contributed by atoms with van der Waals surface area (Å²) < 4.78 is 5.58. The summed E-state index contributed by atoms with van der Waals surface area (Å²) in [5.74, 6) is 0. The molecular formula is C14H19NO4. The van der Waals surface area contributed by atoms with Gasteiger partial charge < -0.3 is 19.8 Å². The van der Waals surface area contributed by atoms with Gasteiger partial charge in [0.25, 0.3) is 0 Å². The zero-order valence-electron chi connectivity index (χ0n) is 11.0. The Morgan fingerprint density at radius 3 is 2.74 bits per heavy atom. The highest BCUT2D eigenvalue weighted by Crippen LogP contribution is 2.34. The van der Waals surface area contributed by atoms with Crippen LogP contribution in [-0.4, -0.2) is 47.0 Å². The van der Waals surface area contributed by atoms with Gasteiger partial charge in [-0.05, 0) is 12.5 Å². The average molecular weight is 265 g/mol. The Morgan fingerprint density at radius 2 is 2.16 bits per heavy atom. The first-order valence-corrected chi connectivity index (χ1v) is 6.45. The third-order valence-electron chi connectivity index (χ3n) is 3.59. The van der Waals surface area contributed by atoms with E-state index in [9.17, 15) is 9.90 Å². The van der Waals surface area contributed by atoms with Gasteiger partial charge in [-0.2, -0.15) is 0 Å². The third kappa shape index (κ3) is 2.72. The molecule has 1 aromatic carbocycles. The summed E-state index contributed by atoms with van der Waals surface area (Å²) in [6, 6.07) is 9.31. The molecule has 1 aliphatic rings. The average Bonchev–Trinajstić information content (AvgIpc) is 2.42. The van der Waals surface area contributed by atoms with Gasteiger partial charge in [-0.15, -0.1) is 0 Å². The van der Waals surface area contributed by atoms with E-state index in [1.165, 1.54) is 4.90 Å². The number of hydrogen-bond donors (Lipinski definition) is 2. The topological polar surface area (TPSA) is 70.0 Å². The maximum absolute atomic E-state index is 11.0. The second kappa shape index (κ2) is 5.59. The van der Waals surface area contributed by atoms with E-state index >= 15 is 0 Å². The number of nitrogens with zero attached hydrogens (tertiary/aromatic N) is 1. The zero-order chi connectivity index (χ0) is 13.9. The van der Waals surface area contributed by atoms with Gasteiger partial charge in [0.15, 0.2) is 0 Å². The van der Waals surface area contributed by atoms with Crippen molar-refractivity contribution in [3.63, 3.8) is 0 Å². The molecule has 0 radical (unpaired) electrons. The lowest BCUT2D eigenvalue weighted by Gasteiger charge is -2.43. The van der Waals surface area contributed by atoms with E-state index in [0.29, 0.717) is 19.6 Å². The molecule has 5 nitrogen and oxygen atoms in total. The van der Waals surface area contributed by atoms with Crippen molar-refractivity contribution in [3.8, 4) is 0 Å². The van der Waals surface area contributed by atoms with E-state index in [4.69, 9.17) is 9.84 Å². The summed E-state index contributed by atoms with van der Waals surface area (Å²) in [4.78, 5) is 12.3. The van der Waals surface area contributed by atoms with Crippen LogP contribution in [0.3, 0.4) is 0 Å². The Hall–Kier alpha value is -1.59. The van der Waals surface area contributed by atoms with Crippen molar-refractivity contribution in [2.75, 3.05) is 19.7 Å². The molecule has 2 N–H and O–H groups in total. The zero-order valence-corrected chi connectivity index (χ0v) is 11.0. The van der Waals surface area contributed by atoms with Gasteiger partial charge in [-0.1, -0.05) is 30.3 Å². The fourth-order valence-electron chi connectivity index (χ4n) is 2.53. The van der Waals surface area contributed by atoms with Gasteiger partial charge in [0.1, 0.15) is 11.7 Å². The monoisotopic (exact) mass is 265 g/mol. The van der Waals surface area contributed by atoms with Crippen LogP contribution >= 0.6 is 0 Å². The first-order chi connectivity index (χ1) is 9.08. The van der Waals surface area contributed by atoms with E-state index in [2.05, 4.69) is 0 Å². The highest BCUT2D eigenvalue weighted by molar-refractivity contribution is 5.65. The minimum atomic E-state index is -1.12. The molecule has 19 heavy (non-hydrogen) atoms. The molecule has 1 aromatic rings. The Balaban J connectivity index is 2.26. The van der Waals surface area contributed by atoms with Crippen LogP contribution in [0.2, 0.25) is 0 Å². The van der Waals surface area contributed by atoms with Crippen LogP contribution in [0, 0.1) is 0 Å². The van der Waals surface area contributed by atoms with Crippen LogP contribution in [0.25, 0.3) is 0 Å². The molecule has 1 fully saturated rings. The van der Waals surface area contributed by atoms with Crippen molar-refractivity contribution in [1.82, 2.24) is 4.90 Å². The lowest BCUT2D eigenvalue weighted by atomic mass is 9.82. The number of benzene rings is 1. The second-order valence-corrected chi connectivity index (χ2v) is 4.71. The number of carboxylic acid groups (broad SMARTS) is 1. The quantitative estimate of drug-likeness (QED) is 0.872. The van der Waals surface area contributed by atoms with Crippen molar-refractivity contribution < 1.29 is 19.7 Å². The van der Waals surface area contributed by atoms with Crippen LogP contribution in [0.5, 0.6) is 0 Å². The second-order valence-electron chi connectivity index (χ2n) is 4.71. The van der Waals surface area contributed by atoms with Crippen molar-refractivity contribution in [2.45, 2.75) is 25.0 Å². The summed E-state index contributed by atoms with van der Waals surface area (Å²) in [6.45, 7) is 2.78. The maximum atomic E-state index is 11.0.